The topological polar surface area (TPSA) is 97.0 Å². The molecule has 0 aromatic carbocycles. The fraction of sp³-hybridized carbons (Fsp3) is 0.870. The Bertz CT molecular complexity index is 616. The van der Waals surface area contributed by atoms with Gasteiger partial charge in [-0.05, 0) is 38.5 Å². The van der Waals surface area contributed by atoms with Crippen molar-refractivity contribution in [2.75, 3.05) is 33.4 Å². The molecule has 0 spiro atoms. The van der Waals surface area contributed by atoms with E-state index in [2.05, 4.69) is 10.6 Å². The van der Waals surface area contributed by atoms with E-state index in [-0.39, 0.29) is 17.7 Å². The SMILES string of the molecule is CNC(=O)[C@@H](NC(=O)[C@@H](CC(C)C)[C@@H](C(=O)OC(C)(C)C)N1CCOCC1)C(C)(C)C. The zero-order chi connectivity index (χ0) is 24.0. The van der Waals surface area contributed by atoms with Gasteiger partial charge in [0.15, 0.2) is 0 Å². The smallest absolute Gasteiger partial charge is 0.324 e. The lowest BCUT2D eigenvalue weighted by atomic mass is 9.84. The van der Waals surface area contributed by atoms with Gasteiger partial charge in [-0.3, -0.25) is 19.3 Å². The summed E-state index contributed by atoms with van der Waals surface area (Å²) in [7, 11) is 1.55. The second-order valence-electron chi connectivity index (χ2n) is 10.8. The number of hydrogen-bond acceptors (Lipinski definition) is 6. The Morgan fingerprint density at radius 1 is 1.00 bits per heavy atom. The van der Waals surface area contributed by atoms with E-state index in [1.807, 2.05) is 60.3 Å². The predicted molar refractivity (Wildman–Crippen MR) is 120 cm³/mol. The average Bonchev–Trinajstić information content (AvgIpc) is 2.63. The van der Waals surface area contributed by atoms with Crippen molar-refractivity contribution in [3.63, 3.8) is 0 Å². The lowest BCUT2D eigenvalue weighted by Crippen LogP contribution is -2.59. The number of ether oxygens (including phenoxy) is 2. The lowest BCUT2D eigenvalue weighted by molar-refractivity contribution is -0.168. The third kappa shape index (κ3) is 8.77. The number of esters is 1. The third-order valence-corrected chi connectivity index (χ3v) is 5.19. The molecule has 0 saturated carbocycles. The Balaban J connectivity index is 3.30. The second kappa shape index (κ2) is 11.3. The zero-order valence-corrected chi connectivity index (χ0v) is 20.8. The van der Waals surface area contributed by atoms with Crippen LogP contribution in [-0.2, 0) is 23.9 Å². The number of carbonyl (C=O) groups is 3. The standard InChI is InChI=1S/C23H43N3O5/c1-15(2)14-16(19(27)25-18(20(28)24-9)22(3,4)5)17(21(29)31-23(6,7)8)26-10-12-30-13-11-26/h15-18H,10-14H2,1-9H3,(H,24,28)(H,25,27)/t16-,17-,18+/m0/s1. The summed E-state index contributed by atoms with van der Waals surface area (Å²) in [5.41, 5.74) is -1.16. The Morgan fingerprint density at radius 3 is 1.97 bits per heavy atom. The monoisotopic (exact) mass is 441 g/mol. The van der Waals surface area contributed by atoms with Gasteiger partial charge in [-0.25, -0.2) is 0 Å². The molecule has 3 atom stereocenters. The van der Waals surface area contributed by atoms with E-state index in [9.17, 15) is 14.4 Å². The molecular weight excluding hydrogens is 398 g/mol. The largest absolute Gasteiger partial charge is 0.459 e. The summed E-state index contributed by atoms with van der Waals surface area (Å²) < 4.78 is 11.2. The summed E-state index contributed by atoms with van der Waals surface area (Å²) in [6.07, 6.45) is 0.498. The normalized spacial score (nSPS) is 18.8. The molecule has 0 aromatic heterocycles. The van der Waals surface area contributed by atoms with Crippen LogP contribution < -0.4 is 10.6 Å². The maximum atomic E-state index is 13.6. The molecule has 0 radical (unpaired) electrons. The van der Waals surface area contributed by atoms with Crippen LogP contribution in [0.15, 0.2) is 0 Å². The van der Waals surface area contributed by atoms with Crippen LogP contribution in [0.5, 0.6) is 0 Å². The molecule has 1 rings (SSSR count). The van der Waals surface area contributed by atoms with Gasteiger partial charge in [0.2, 0.25) is 11.8 Å². The van der Waals surface area contributed by atoms with Crippen LogP contribution >= 0.6 is 0 Å². The zero-order valence-electron chi connectivity index (χ0n) is 20.8. The van der Waals surface area contributed by atoms with Gasteiger partial charge >= 0.3 is 5.97 Å². The second-order valence-corrected chi connectivity index (χ2v) is 10.8. The van der Waals surface area contributed by atoms with Gasteiger partial charge in [0.1, 0.15) is 17.7 Å². The first kappa shape index (κ1) is 27.4. The van der Waals surface area contributed by atoms with Crippen molar-refractivity contribution in [3.8, 4) is 0 Å². The molecule has 2 amide bonds. The molecule has 180 valence electrons. The Hall–Kier alpha value is -1.67. The van der Waals surface area contributed by atoms with Crippen LogP contribution in [0.2, 0.25) is 0 Å². The van der Waals surface area contributed by atoms with Crippen LogP contribution in [0.3, 0.4) is 0 Å². The first-order valence-corrected chi connectivity index (χ1v) is 11.2. The first-order chi connectivity index (χ1) is 14.2. The molecule has 31 heavy (non-hydrogen) atoms. The number of nitrogens with one attached hydrogen (secondary N) is 2. The molecular formula is C23H43N3O5. The average molecular weight is 442 g/mol. The molecule has 1 heterocycles. The molecule has 2 N–H and O–H groups in total. The van der Waals surface area contributed by atoms with E-state index in [1.165, 1.54) is 0 Å². The fourth-order valence-electron chi connectivity index (χ4n) is 3.74. The van der Waals surface area contributed by atoms with Gasteiger partial charge in [0, 0.05) is 20.1 Å². The van der Waals surface area contributed by atoms with Crippen molar-refractivity contribution in [1.29, 1.82) is 0 Å². The van der Waals surface area contributed by atoms with Gasteiger partial charge in [-0.2, -0.15) is 0 Å². The number of amides is 2. The van der Waals surface area contributed by atoms with Gasteiger partial charge in [-0.1, -0.05) is 34.6 Å². The van der Waals surface area contributed by atoms with Gasteiger partial charge in [0.25, 0.3) is 0 Å². The van der Waals surface area contributed by atoms with Crippen molar-refractivity contribution in [3.05, 3.63) is 0 Å². The summed E-state index contributed by atoms with van der Waals surface area (Å²) in [6, 6.07) is -1.46. The van der Waals surface area contributed by atoms with E-state index >= 15 is 0 Å². The molecule has 8 heteroatoms. The molecule has 8 nitrogen and oxygen atoms in total. The summed E-state index contributed by atoms with van der Waals surface area (Å²) in [5.74, 6) is -1.45. The molecule has 1 fully saturated rings. The van der Waals surface area contributed by atoms with Crippen molar-refractivity contribution >= 4 is 17.8 Å². The van der Waals surface area contributed by atoms with E-state index in [4.69, 9.17) is 9.47 Å². The quantitative estimate of drug-likeness (QED) is 0.559. The summed E-state index contributed by atoms with van der Waals surface area (Å²) >= 11 is 0. The lowest BCUT2D eigenvalue weighted by Gasteiger charge is -2.39. The molecule has 0 unspecified atom stereocenters. The minimum Gasteiger partial charge on any atom is -0.459 e. The molecule has 0 aromatic rings. The van der Waals surface area contributed by atoms with E-state index in [0.717, 1.165) is 0 Å². The summed E-state index contributed by atoms with van der Waals surface area (Å²) in [4.78, 5) is 41.3. The molecule has 1 aliphatic rings. The van der Waals surface area contributed by atoms with Crippen LogP contribution in [0.1, 0.15) is 61.8 Å². The van der Waals surface area contributed by atoms with Crippen molar-refractivity contribution in [2.45, 2.75) is 79.5 Å². The maximum Gasteiger partial charge on any atom is 0.324 e. The van der Waals surface area contributed by atoms with Crippen LogP contribution in [0.25, 0.3) is 0 Å². The minimum atomic E-state index is -0.740. The van der Waals surface area contributed by atoms with Crippen molar-refractivity contribution in [2.24, 2.45) is 17.3 Å². The number of nitrogens with zero attached hydrogens (tertiary/aromatic N) is 1. The molecule has 0 aliphatic carbocycles. The Kier molecular flexibility index (Phi) is 9.95. The molecule has 1 aliphatic heterocycles. The van der Waals surface area contributed by atoms with Crippen molar-refractivity contribution < 1.29 is 23.9 Å². The maximum absolute atomic E-state index is 13.6. The van der Waals surface area contributed by atoms with E-state index in [0.29, 0.717) is 32.7 Å². The van der Waals surface area contributed by atoms with Crippen LogP contribution in [0, 0.1) is 17.3 Å². The fourth-order valence-corrected chi connectivity index (χ4v) is 3.74. The van der Waals surface area contributed by atoms with Gasteiger partial charge < -0.3 is 20.1 Å². The van der Waals surface area contributed by atoms with Gasteiger partial charge in [0.05, 0.1) is 19.1 Å². The van der Waals surface area contributed by atoms with Crippen molar-refractivity contribution in [1.82, 2.24) is 15.5 Å². The van der Waals surface area contributed by atoms with Crippen LogP contribution in [-0.4, -0.2) is 73.7 Å². The first-order valence-electron chi connectivity index (χ1n) is 11.2. The number of rotatable bonds is 8. The minimum absolute atomic E-state index is 0.176. The highest BCUT2D eigenvalue weighted by atomic mass is 16.6. The predicted octanol–water partition coefficient (Wildman–Crippen LogP) is 1.97. The number of likely N-dealkylation sites (N-methyl/N-ethyl adjacent to an activating group) is 1. The summed E-state index contributed by atoms with van der Waals surface area (Å²) in [5, 5.41) is 5.56. The Labute approximate surface area is 187 Å². The Morgan fingerprint density at radius 2 is 1.55 bits per heavy atom. The highest BCUT2D eigenvalue weighted by Gasteiger charge is 2.43. The van der Waals surface area contributed by atoms with Crippen LogP contribution in [0.4, 0.5) is 0 Å². The molecule has 1 saturated heterocycles. The van der Waals surface area contributed by atoms with E-state index in [1.54, 1.807) is 7.05 Å². The highest BCUT2D eigenvalue weighted by molar-refractivity contribution is 5.92. The third-order valence-electron chi connectivity index (χ3n) is 5.19. The summed E-state index contributed by atoms with van der Waals surface area (Å²) in [6.45, 7) is 17.3. The molecule has 0 bridgehead atoms. The number of hydrogen-bond donors (Lipinski definition) is 2. The number of carbonyl (C=O) groups excluding carboxylic acids is 3. The number of morpholine rings is 1. The highest BCUT2D eigenvalue weighted by Crippen LogP contribution is 2.26. The van der Waals surface area contributed by atoms with E-state index < -0.39 is 35.0 Å². The van der Waals surface area contributed by atoms with Gasteiger partial charge in [-0.15, -0.1) is 0 Å².